The van der Waals surface area contributed by atoms with E-state index in [9.17, 15) is 0 Å². The third kappa shape index (κ3) is 1.90. The first-order valence-corrected chi connectivity index (χ1v) is 5.94. The zero-order valence-electron chi connectivity index (χ0n) is 9.58. The Labute approximate surface area is 101 Å². The summed E-state index contributed by atoms with van der Waals surface area (Å²) < 4.78 is 0. The number of nitrogens with two attached hydrogens (primary N) is 1. The van der Waals surface area contributed by atoms with Crippen molar-refractivity contribution in [3.8, 4) is 0 Å². The quantitative estimate of drug-likeness (QED) is 0.824. The summed E-state index contributed by atoms with van der Waals surface area (Å²) >= 11 is 0. The molecular formula is C16H15N. The Kier molecular flexibility index (Phi) is 2.54. The molecule has 2 N–H and O–H groups in total. The maximum Gasteiger partial charge on any atom is 0.0394 e. The van der Waals surface area contributed by atoms with Gasteiger partial charge in [-0.3, -0.25) is 0 Å². The predicted octanol–water partition coefficient (Wildman–Crippen LogP) is 3.58. The van der Waals surface area contributed by atoms with Crippen LogP contribution >= 0.6 is 0 Å². The summed E-state index contributed by atoms with van der Waals surface area (Å²) in [7, 11) is 0. The van der Waals surface area contributed by atoms with E-state index in [1.807, 2.05) is 0 Å². The Balaban J connectivity index is 2.00. The molecule has 0 unspecified atom stereocenters. The monoisotopic (exact) mass is 221 g/mol. The standard InChI is InChI=1S/C16H15N/c17-16(13-6-2-3-7-13)15-10-9-12-5-1-4-8-14(12)11-15/h1-11,13,16H,17H2/t16-/m0/s1. The first kappa shape index (κ1) is 10.3. The molecule has 0 aromatic heterocycles. The molecule has 1 aliphatic carbocycles. The van der Waals surface area contributed by atoms with Crippen LogP contribution in [0.1, 0.15) is 11.6 Å². The lowest BCUT2D eigenvalue weighted by Gasteiger charge is -2.17. The van der Waals surface area contributed by atoms with Crippen molar-refractivity contribution in [3.05, 3.63) is 72.3 Å². The fourth-order valence-electron chi connectivity index (χ4n) is 2.33. The molecule has 0 fully saturated rings. The van der Waals surface area contributed by atoms with Gasteiger partial charge in [-0.05, 0) is 22.4 Å². The SMILES string of the molecule is N[C@H](c1ccc2ccccc2c1)C1C=CC=C1. The van der Waals surface area contributed by atoms with Crippen LogP contribution in [-0.4, -0.2) is 0 Å². The highest BCUT2D eigenvalue weighted by Gasteiger charge is 2.16. The molecule has 2 aromatic carbocycles. The highest BCUT2D eigenvalue weighted by molar-refractivity contribution is 5.83. The summed E-state index contributed by atoms with van der Waals surface area (Å²) in [5.74, 6) is 0.330. The molecule has 0 heterocycles. The number of hydrogen-bond donors (Lipinski definition) is 1. The van der Waals surface area contributed by atoms with E-state index in [-0.39, 0.29) is 6.04 Å². The Morgan fingerprint density at radius 3 is 2.35 bits per heavy atom. The van der Waals surface area contributed by atoms with Crippen molar-refractivity contribution in [2.45, 2.75) is 6.04 Å². The normalized spacial score (nSPS) is 16.8. The molecule has 17 heavy (non-hydrogen) atoms. The number of rotatable bonds is 2. The third-order valence-corrected chi connectivity index (χ3v) is 3.35. The summed E-state index contributed by atoms with van der Waals surface area (Å²) in [5, 5.41) is 2.52. The van der Waals surface area contributed by atoms with Crippen LogP contribution in [0.2, 0.25) is 0 Å². The predicted molar refractivity (Wildman–Crippen MR) is 72.6 cm³/mol. The van der Waals surface area contributed by atoms with Gasteiger partial charge in [0, 0.05) is 12.0 Å². The number of allylic oxidation sites excluding steroid dienone is 2. The van der Waals surface area contributed by atoms with Gasteiger partial charge in [0.2, 0.25) is 0 Å². The first-order chi connectivity index (χ1) is 8.34. The second kappa shape index (κ2) is 4.19. The maximum absolute atomic E-state index is 6.29. The zero-order chi connectivity index (χ0) is 11.7. The Morgan fingerprint density at radius 1 is 0.882 bits per heavy atom. The Hall–Kier alpha value is -1.86. The zero-order valence-corrected chi connectivity index (χ0v) is 9.58. The summed E-state index contributed by atoms with van der Waals surface area (Å²) in [6.45, 7) is 0. The summed E-state index contributed by atoms with van der Waals surface area (Å²) in [6, 6.07) is 14.9. The van der Waals surface area contributed by atoms with E-state index < -0.39 is 0 Å². The van der Waals surface area contributed by atoms with Crippen molar-refractivity contribution in [1.29, 1.82) is 0 Å². The molecule has 0 aliphatic heterocycles. The van der Waals surface area contributed by atoms with Gasteiger partial charge in [-0.2, -0.15) is 0 Å². The second-order valence-electron chi connectivity index (χ2n) is 4.48. The molecule has 84 valence electrons. The van der Waals surface area contributed by atoms with Gasteiger partial charge in [0.05, 0.1) is 0 Å². The molecule has 0 saturated heterocycles. The fourth-order valence-corrected chi connectivity index (χ4v) is 2.33. The van der Waals surface area contributed by atoms with Crippen molar-refractivity contribution in [2.24, 2.45) is 11.7 Å². The molecule has 0 spiro atoms. The van der Waals surface area contributed by atoms with Gasteiger partial charge in [0.1, 0.15) is 0 Å². The maximum atomic E-state index is 6.29. The molecule has 3 rings (SSSR count). The molecule has 0 amide bonds. The minimum Gasteiger partial charge on any atom is -0.323 e. The van der Waals surface area contributed by atoms with E-state index in [0.29, 0.717) is 5.92 Å². The van der Waals surface area contributed by atoms with E-state index in [2.05, 4.69) is 66.8 Å². The van der Waals surface area contributed by atoms with E-state index in [0.717, 1.165) is 0 Å². The summed E-state index contributed by atoms with van der Waals surface area (Å²) in [5.41, 5.74) is 7.49. The van der Waals surface area contributed by atoms with E-state index in [1.54, 1.807) is 0 Å². The summed E-state index contributed by atoms with van der Waals surface area (Å²) in [4.78, 5) is 0. The van der Waals surface area contributed by atoms with Crippen molar-refractivity contribution in [2.75, 3.05) is 0 Å². The molecule has 0 saturated carbocycles. The second-order valence-corrected chi connectivity index (χ2v) is 4.48. The number of hydrogen-bond acceptors (Lipinski definition) is 1. The largest absolute Gasteiger partial charge is 0.323 e. The molecule has 1 atom stereocenters. The highest BCUT2D eigenvalue weighted by Crippen LogP contribution is 2.27. The lowest BCUT2D eigenvalue weighted by molar-refractivity contribution is 0.625. The Bertz CT molecular complexity index is 583. The first-order valence-electron chi connectivity index (χ1n) is 5.94. The van der Waals surface area contributed by atoms with Crippen LogP contribution in [0.4, 0.5) is 0 Å². The van der Waals surface area contributed by atoms with Crippen molar-refractivity contribution >= 4 is 10.8 Å². The molecule has 0 radical (unpaired) electrons. The highest BCUT2D eigenvalue weighted by atomic mass is 14.6. The van der Waals surface area contributed by atoms with Crippen molar-refractivity contribution in [1.82, 2.24) is 0 Å². The van der Waals surface area contributed by atoms with Gasteiger partial charge in [0.15, 0.2) is 0 Å². The lowest BCUT2D eigenvalue weighted by Crippen LogP contribution is -2.17. The minimum absolute atomic E-state index is 0.0506. The third-order valence-electron chi connectivity index (χ3n) is 3.35. The van der Waals surface area contributed by atoms with E-state index in [1.165, 1.54) is 16.3 Å². The molecule has 2 aromatic rings. The topological polar surface area (TPSA) is 26.0 Å². The molecule has 1 aliphatic rings. The van der Waals surface area contributed by atoms with Gasteiger partial charge in [-0.15, -0.1) is 0 Å². The summed E-state index contributed by atoms with van der Waals surface area (Å²) in [6.07, 6.45) is 8.43. The van der Waals surface area contributed by atoms with Gasteiger partial charge in [0.25, 0.3) is 0 Å². The van der Waals surface area contributed by atoms with Crippen LogP contribution in [0, 0.1) is 5.92 Å². The van der Waals surface area contributed by atoms with Crippen LogP contribution in [-0.2, 0) is 0 Å². The van der Waals surface area contributed by atoms with Crippen LogP contribution in [0.15, 0.2) is 66.8 Å². The minimum atomic E-state index is 0.0506. The van der Waals surface area contributed by atoms with Gasteiger partial charge in [-0.25, -0.2) is 0 Å². The average Bonchev–Trinajstić information content (AvgIpc) is 2.91. The molecular weight excluding hydrogens is 206 g/mol. The van der Waals surface area contributed by atoms with Crippen LogP contribution in [0.25, 0.3) is 10.8 Å². The molecule has 1 nitrogen and oxygen atoms in total. The average molecular weight is 221 g/mol. The van der Waals surface area contributed by atoms with Crippen LogP contribution < -0.4 is 5.73 Å². The van der Waals surface area contributed by atoms with Crippen molar-refractivity contribution in [3.63, 3.8) is 0 Å². The van der Waals surface area contributed by atoms with E-state index >= 15 is 0 Å². The van der Waals surface area contributed by atoms with Crippen LogP contribution in [0.3, 0.4) is 0 Å². The lowest BCUT2D eigenvalue weighted by atomic mass is 9.93. The molecule has 0 bridgehead atoms. The Morgan fingerprint density at radius 2 is 1.59 bits per heavy atom. The fraction of sp³-hybridized carbons (Fsp3) is 0.125. The van der Waals surface area contributed by atoms with Crippen LogP contribution in [0.5, 0.6) is 0 Å². The smallest absolute Gasteiger partial charge is 0.0394 e. The number of benzene rings is 2. The van der Waals surface area contributed by atoms with Gasteiger partial charge in [-0.1, -0.05) is 60.7 Å². The van der Waals surface area contributed by atoms with Crippen molar-refractivity contribution < 1.29 is 0 Å². The van der Waals surface area contributed by atoms with Gasteiger partial charge < -0.3 is 5.73 Å². The van der Waals surface area contributed by atoms with Gasteiger partial charge >= 0.3 is 0 Å². The molecule has 1 heteroatoms. The number of fused-ring (bicyclic) bond motifs is 1. The van der Waals surface area contributed by atoms with E-state index in [4.69, 9.17) is 5.73 Å².